The van der Waals surface area contributed by atoms with E-state index in [4.69, 9.17) is 4.74 Å². The normalized spacial score (nSPS) is 16.7. The minimum absolute atomic E-state index is 0.133. The Kier molecular flexibility index (Phi) is 4.12. The zero-order chi connectivity index (χ0) is 13.1. The van der Waals surface area contributed by atoms with Crippen LogP contribution in [0.3, 0.4) is 0 Å². The molecule has 0 saturated carbocycles. The number of hydrogen-bond donors (Lipinski definition) is 1. The van der Waals surface area contributed by atoms with Gasteiger partial charge in [-0.2, -0.15) is 0 Å². The van der Waals surface area contributed by atoms with Crippen LogP contribution in [-0.4, -0.2) is 40.0 Å². The maximum Gasteiger partial charge on any atom is 0.171 e. The van der Waals surface area contributed by atoms with Crippen LogP contribution in [0.15, 0.2) is 18.2 Å². The number of ketones is 1. The summed E-state index contributed by atoms with van der Waals surface area (Å²) >= 11 is 0. The number of hydrogen-bond acceptors (Lipinski definition) is 3. The van der Waals surface area contributed by atoms with Crippen LogP contribution in [0.25, 0.3) is 0 Å². The maximum absolute atomic E-state index is 12.3. The molecule has 3 nitrogen and oxygen atoms in total. The smallest absolute Gasteiger partial charge is 0.171 e. The Morgan fingerprint density at radius 2 is 2.28 bits per heavy atom. The van der Waals surface area contributed by atoms with Crippen molar-refractivity contribution in [3.05, 3.63) is 29.3 Å². The first-order valence-corrected chi connectivity index (χ1v) is 6.67. The first-order valence-electron chi connectivity index (χ1n) is 6.67. The number of benzene rings is 1. The van der Waals surface area contributed by atoms with Crippen molar-refractivity contribution in [2.24, 2.45) is 0 Å². The van der Waals surface area contributed by atoms with Gasteiger partial charge in [0.15, 0.2) is 5.78 Å². The van der Waals surface area contributed by atoms with Gasteiger partial charge in [0.2, 0.25) is 0 Å². The molecule has 0 radical (unpaired) electrons. The van der Waals surface area contributed by atoms with E-state index in [1.165, 1.54) is 5.56 Å². The Hall–Kier alpha value is -1.22. The van der Waals surface area contributed by atoms with Gasteiger partial charge in [-0.05, 0) is 24.0 Å². The van der Waals surface area contributed by atoms with Crippen LogP contribution in [0.2, 0.25) is 0 Å². The van der Waals surface area contributed by atoms with Gasteiger partial charge in [-0.25, -0.2) is 0 Å². The molecule has 2 atom stereocenters. The third-order valence-corrected chi connectivity index (χ3v) is 3.52. The Balaban J connectivity index is 2.09. The van der Waals surface area contributed by atoms with E-state index in [0.717, 1.165) is 30.8 Å². The first-order chi connectivity index (χ1) is 8.61. The second kappa shape index (κ2) is 5.61. The molecule has 0 aromatic heterocycles. The molecule has 0 spiro atoms. The number of rotatable bonds is 5. The summed E-state index contributed by atoms with van der Waals surface area (Å²) in [6.45, 7) is 2.84. The van der Waals surface area contributed by atoms with Crippen molar-refractivity contribution in [2.45, 2.75) is 31.6 Å². The number of ether oxygens (including phenoxy) is 1. The van der Waals surface area contributed by atoms with Crippen molar-refractivity contribution < 1.29 is 9.53 Å². The lowest BCUT2D eigenvalue weighted by Crippen LogP contribution is -2.43. The van der Waals surface area contributed by atoms with E-state index in [-0.39, 0.29) is 11.7 Å². The van der Waals surface area contributed by atoms with Crippen LogP contribution in [0.5, 0.6) is 5.75 Å². The standard InChI is InChI=1S/C13H19B2NO2/c1-2-11(14)16-13(15)12(17)9-4-3-8-5-6-18-10(8)7-9/h3-4,7,11,13,16H,2,5-6,14-15H2,1H3/t11?,13-/m1/s1. The maximum atomic E-state index is 12.3. The second-order valence-corrected chi connectivity index (χ2v) is 4.98. The summed E-state index contributed by atoms with van der Waals surface area (Å²) in [5.74, 6) is 1.21. The summed E-state index contributed by atoms with van der Waals surface area (Å²) in [6, 6.07) is 5.79. The van der Waals surface area contributed by atoms with Crippen LogP contribution in [-0.2, 0) is 6.42 Å². The summed E-state index contributed by atoms with van der Waals surface area (Å²) < 4.78 is 5.50. The minimum Gasteiger partial charge on any atom is -0.493 e. The van der Waals surface area contributed by atoms with E-state index in [1.807, 2.05) is 26.0 Å². The monoisotopic (exact) mass is 243 g/mol. The Labute approximate surface area is 110 Å². The molecule has 1 aliphatic heterocycles. The molecular formula is C13H19B2NO2. The Morgan fingerprint density at radius 3 is 3.00 bits per heavy atom. The third kappa shape index (κ3) is 2.78. The molecule has 1 N–H and O–H groups in total. The quantitative estimate of drug-likeness (QED) is 0.571. The van der Waals surface area contributed by atoms with Crippen molar-refractivity contribution in [1.29, 1.82) is 0 Å². The zero-order valence-electron chi connectivity index (χ0n) is 11.3. The fraction of sp³-hybridized carbons (Fsp3) is 0.462. The molecule has 0 bridgehead atoms. The highest BCUT2D eigenvalue weighted by Crippen LogP contribution is 2.26. The Bertz CT molecular complexity index is 451. The molecule has 0 fully saturated rings. The van der Waals surface area contributed by atoms with Gasteiger partial charge in [0.25, 0.3) is 0 Å². The van der Waals surface area contributed by atoms with Crippen molar-refractivity contribution in [2.75, 3.05) is 6.61 Å². The summed E-state index contributed by atoms with van der Waals surface area (Å²) in [5.41, 5.74) is 1.94. The highest BCUT2D eigenvalue weighted by atomic mass is 16.5. The molecule has 0 amide bonds. The molecule has 94 valence electrons. The summed E-state index contributed by atoms with van der Waals surface area (Å²) in [6.07, 6.45) is 1.97. The lowest BCUT2D eigenvalue weighted by molar-refractivity contribution is 0.0973. The molecule has 1 unspecified atom stereocenters. The number of nitrogens with one attached hydrogen (secondary N) is 1. The highest BCUT2D eigenvalue weighted by molar-refractivity contribution is 6.28. The third-order valence-electron chi connectivity index (χ3n) is 3.52. The predicted molar refractivity (Wildman–Crippen MR) is 78.1 cm³/mol. The largest absolute Gasteiger partial charge is 0.493 e. The molecule has 1 aliphatic rings. The molecule has 1 aromatic rings. The van der Waals surface area contributed by atoms with Crippen molar-refractivity contribution in [1.82, 2.24) is 5.32 Å². The average molecular weight is 243 g/mol. The second-order valence-electron chi connectivity index (χ2n) is 4.98. The minimum atomic E-state index is -0.153. The number of carbonyl (C=O) groups excluding carboxylic acids is 1. The van der Waals surface area contributed by atoms with E-state index in [0.29, 0.717) is 5.94 Å². The molecule has 18 heavy (non-hydrogen) atoms. The highest BCUT2D eigenvalue weighted by Gasteiger charge is 2.19. The summed E-state index contributed by atoms with van der Waals surface area (Å²) in [4.78, 5) is 12.3. The van der Waals surface area contributed by atoms with Crippen LogP contribution < -0.4 is 10.1 Å². The van der Waals surface area contributed by atoms with Gasteiger partial charge in [-0.1, -0.05) is 19.1 Å². The van der Waals surface area contributed by atoms with Gasteiger partial charge in [0, 0.05) is 17.9 Å². The average Bonchev–Trinajstić information content (AvgIpc) is 2.84. The summed E-state index contributed by atoms with van der Waals surface area (Å²) in [5, 5.41) is 3.31. The van der Waals surface area contributed by atoms with Gasteiger partial charge in [-0.3, -0.25) is 4.79 Å². The number of Topliss-reactive ketones (excluding diaryl/α,β-unsaturated/α-hetero) is 1. The van der Waals surface area contributed by atoms with Crippen LogP contribution in [0.1, 0.15) is 29.3 Å². The Morgan fingerprint density at radius 1 is 1.50 bits per heavy atom. The molecular weight excluding hydrogens is 224 g/mol. The van der Waals surface area contributed by atoms with E-state index in [1.54, 1.807) is 0 Å². The summed E-state index contributed by atoms with van der Waals surface area (Å²) in [7, 11) is 4.01. The van der Waals surface area contributed by atoms with Crippen molar-refractivity contribution in [3.63, 3.8) is 0 Å². The number of carbonyl (C=O) groups is 1. The van der Waals surface area contributed by atoms with Gasteiger partial charge in [-0.15, -0.1) is 0 Å². The molecule has 0 aliphatic carbocycles. The molecule has 5 heteroatoms. The van der Waals surface area contributed by atoms with Crippen molar-refractivity contribution >= 4 is 21.5 Å². The van der Waals surface area contributed by atoms with Crippen LogP contribution >= 0.6 is 0 Å². The first kappa shape index (κ1) is 13.2. The van der Waals surface area contributed by atoms with Gasteiger partial charge < -0.3 is 10.1 Å². The SMILES string of the molecule is BC(CC)N[C@@H](B)C(=O)c1ccc2c(c1)OCC2. The van der Waals surface area contributed by atoms with Gasteiger partial charge in [0.1, 0.15) is 21.4 Å². The zero-order valence-corrected chi connectivity index (χ0v) is 11.3. The molecule has 1 heterocycles. The fourth-order valence-electron chi connectivity index (χ4n) is 2.19. The molecule has 0 saturated heterocycles. The molecule has 1 aromatic carbocycles. The fourth-order valence-corrected chi connectivity index (χ4v) is 2.19. The molecule has 2 rings (SSSR count). The van der Waals surface area contributed by atoms with E-state index in [2.05, 4.69) is 20.1 Å². The van der Waals surface area contributed by atoms with E-state index >= 15 is 0 Å². The van der Waals surface area contributed by atoms with Gasteiger partial charge >= 0.3 is 0 Å². The van der Waals surface area contributed by atoms with Gasteiger partial charge in [0.05, 0.1) is 6.61 Å². The van der Waals surface area contributed by atoms with Crippen LogP contribution in [0, 0.1) is 0 Å². The predicted octanol–water partition coefficient (Wildman–Crippen LogP) is -0.278. The lowest BCUT2D eigenvalue weighted by Gasteiger charge is -2.18. The van der Waals surface area contributed by atoms with E-state index < -0.39 is 0 Å². The lowest BCUT2D eigenvalue weighted by atomic mass is 9.84. The topological polar surface area (TPSA) is 38.3 Å². The van der Waals surface area contributed by atoms with Crippen LogP contribution in [0.4, 0.5) is 0 Å². The van der Waals surface area contributed by atoms with E-state index in [9.17, 15) is 4.79 Å². The van der Waals surface area contributed by atoms with Crippen molar-refractivity contribution in [3.8, 4) is 5.75 Å². The number of fused-ring (bicyclic) bond motifs is 1.